The number of rotatable bonds is 8. The highest BCUT2D eigenvalue weighted by molar-refractivity contribution is 6.28. The van der Waals surface area contributed by atoms with Crippen LogP contribution in [0.2, 0.25) is 5.28 Å². The van der Waals surface area contributed by atoms with E-state index < -0.39 is 0 Å². The van der Waals surface area contributed by atoms with E-state index in [1.165, 1.54) is 12.8 Å². The van der Waals surface area contributed by atoms with Gasteiger partial charge in [0.25, 0.3) is 0 Å². The topological polar surface area (TPSA) is 64.9 Å². The first kappa shape index (κ1) is 15.0. The summed E-state index contributed by atoms with van der Waals surface area (Å²) >= 11 is 5.94. The summed E-state index contributed by atoms with van der Waals surface area (Å²) in [4.78, 5) is 12.7. The molecule has 0 aliphatic rings. The number of unbranched alkanes of at least 4 members (excludes halogenated alkanes) is 2. The summed E-state index contributed by atoms with van der Waals surface area (Å²) in [5, 5.41) is 3.54. The van der Waals surface area contributed by atoms with Crippen molar-refractivity contribution in [3.05, 3.63) is 11.6 Å². The molecule has 2 aromatic rings. The van der Waals surface area contributed by atoms with Crippen LogP contribution in [0.3, 0.4) is 0 Å². The Morgan fingerprint density at radius 3 is 2.95 bits per heavy atom. The molecule has 0 amide bonds. The highest BCUT2D eigenvalue weighted by Crippen LogP contribution is 2.21. The molecule has 0 fully saturated rings. The third kappa shape index (κ3) is 3.58. The lowest BCUT2D eigenvalue weighted by molar-refractivity contribution is 0.188. The van der Waals surface area contributed by atoms with E-state index in [0.29, 0.717) is 18.8 Å². The number of nitrogens with zero attached hydrogens (tertiary/aromatic N) is 4. The van der Waals surface area contributed by atoms with E-state index in [1.807, 2.05) is 4.57 Å². The van der Waals surface area contributed by atoms with Crippen molar-refractivity contribution in [1.29, 1.82) is 0 Å². The molecular weight excluding hydrogens is 278 g/mol. The monoisotopic (exact) mass is 297 g/mol. The number of methoxy groups -OCH3 is 1. The molecule has 0 saturated heterocycles. The molecule has 0 radical (unpaired) electrons. The van der Waals surface area contributed by atoms with Crippen molar-refractivity contribution in [1.82, 2.24) is 19.5 Å². The van der Waals surface area contributed by atoms with Gasteiger partial charge in [-0.2, -0.15) is 9.97 Å². The van der Waals surface area contributed by atoms with E-state index in [2.05, 4.69) is 27.2 Å². The Morgan fingerprint density at radius 1 is 1.35 bits per heavy atom. The first-order valence-corrected chi connectivity index (χ1v) is 7.25. The van der Waals surface area contributed by atoms with Crippen LogP contribution in [0.1, 0.15) is 26.2 Å². The van der Waals surface area contributed by atoms with Crippen LogP contribution in [0.25, 0.3) is 11.2 Å². The largest absolute Gasteiger partial charge is 0.383 e. The maximum absolute atomic E-state index is 5.94. The summed E-state index contributed by atoms with van der Waals surface area (Å²) in [6, 6.07) is 0. The van der Waals surface area contributed by atoms with Gasteiger partial charge in [0.05, 0.1) is 12.9 Å². The maximum atomic E-state index is 5.94. The van der Waals surface area contributed by atoms with Gasteiger partial charge in [-0.3, -0.25) is 0 Å². The van der Waals surface area contributed by atoms with Gasteiger partial charge in [0.1, 0.15) is 5.52 Å². The molecule has 0 aliphatic heterocycles. The summed E-state index contributed by atoms with van der Waals surface area (Å²) in [6.07, 6.45) is 5.23. The number of imidazole rings is 1. The Kier molecular flexibility index (Phi) is 5.55. The SMILES string of the molecule is CCCCCNc1nc(Cl)nc2ncn(CCOC)c12. The van der Waals surface area contributed by atoms with E-state index in [-0.39, 0.29) is 5.28 Å². The van der Waals surface area contributed by atoms with Gasteiger partial charge in [-0.25, -0.2) is 4.98 Å². The molecule has 0 unspecified atom stereocenters. The Labute approximate surface area is 123 Å². The second-order valence-corrected chi connectivity index (χ2v) is 4.92. The lowest BCUT2D eigenvalue weighted by atomic mass is 10.2. The Balaban J connectivity index is 2.22. The molecule has 0 saturated carbocycles. The maximum Gasteiger partial charge on any atom is 0.226 e. The minimum Gasteiger partial charge on any atom is -0.383 e. The molecule has 20 heavy (non-hydrogen) atoms. The minimum absolute atomic E-state index is 0.215. The predicted molar refractivity (Wildman–Crippen MR) is 80.2 cm³/mol. The third-order valence-electron chi connectivity index (χ3n) is 3.05. The summed E-state index contributed by atoms with van der Waals surface area (Å²) in [5.74, 6) is 0.740. The number of anilines is 1. The zero-order valence-electron chi connectivity index (χ0n) is 11.9. The minimum atomic E-state index is 0.215. The molecule has 0 aliphatic carbocycles. The Bertz CT molecular complexity index is 557. The van der Waals surface area contributed by atoms with Gasteiger partial charge in [-0.15, -0.1) is 0 Å². The van der Waals surface area contributed by atoms with E-state index in [4.69, 9.17) is 16.3 Å². The molecule has 2 rings (SSSR count). The second-order valence-electron chi connectivity index (χ2n) is 4.58. The van der Waals surface area contributed by atoms with E-state index >= 15 is 0 Å². The number of nitrogens with one attached hydrogen (secondary N) is 1. The van der Waals surface area contributed by atoms with Crippen LogP contribution in [0, 0.1) is 0 Å². The average molecular weight is 298 g/mol. The average Bonchev–Trinajstić information content (AvgIpc) is 2.84. The van der Waals surface area contributed by atoms with Crippen molar-refractivity contribution in [2.45, 2.75) is 32.7 Å². The second kappa shape index (κ2) is 7.40. The number of aromatic nitrogens is 4. The summed E-state index contributed by atoms with van der Waals surface area (Å²) < 4.78 is 7.09. The lowest BCUT2D eigenvalue weighted by Gasteiger charge is -2.09. The van der Waals surface area contributed by atoms with Gasteiger partial charge in [-0.1, -0.05) is 19.8 Å². The molecule has 110 valence electrons. The van der Waals surface area contributed by atoms with E-state index in [0.717, 1.165) is 24.3 Å². The number of fused-ring (bicyclic) bond motifs is 1. The number of ether oxygens (including phenoxy) is 1. The van der Waals surface area contributed by atoms with Crippen molar-refractivity contribution in [2.24, 2.45) is 0 Å². The van der Waals surface area contributed by atoms with Crippen molar-refractivity contribution < 1.29 is 4.74 Å². The van der Waals surface area contributed by atoms with Crippen LogP contribution in [-0.2, 0) is 11.3 Å². The zero-order valence-corrected chi connectivity index (χ0v) is 12.7. The van der Waals surface area contributed by atoms with E-state index in [1.54, 1.807) is 13.4 Å². The number of hydrogen-bond acceptors (Lipinski definition) is 5. The molecule has 6 nitrogen and oxygen atoms in total. The molecule has 1 N–H and O–H groups in total. The van der Waals surface area contributed by atoms with Crippen LogP contribution >= 0.6 is 11.6 Å². The molecule has 0 spiro atoms. The fraction of sp³-hybridized carbons (Fsp3) is 0.615. The van der Waals surface area contributed by atoms with Crippen LogP contribution in [0.4, 0.5) is 5.82 Å². The van der Waals surface area contributed by atoms with Crippen LogP contribution in [0.15, 0.2) is 6.33 Å². The molecule has 2 aromatic heterocycles. The first-order valence-electron chi connectivity index (χ1n) is 6.87. The zero-order chi connectivity index (χ0) is 14.4. The van der Waals surface area contributed by atoms with Crippen molar-refractivity contribution in [3.63, 3.8) is 0 Å². The van der Waals surface area contributed by atoms with Gasteiger partial charge in [0.15, 0.2) is 11.5 Å². The molecule has 0 atom stereocenters. The smallest absolute Gasteiger partial charge is 0.226 e. The molecule has 2 heterocycles. The molecule has 0 bridgehead atoms. The van der Waals surface area contributed by atoms with Crippen molar-refractivity contribution >= 4 is 28.6 Å². The standard InChI is InChI=1S/C13H20ClN5O/c1-3-4-5-6-15-11-10-12(18-13(14)17-11)16-9-19(10)7-8-20-2/h9H,3-8H2,1-2H3,(H,15,17,18). The normalized spacial score (nSPS) is 11.2. The summed E-state index contributed by atoms with van der Waals surface area (Å²) in [7, 11) is 1.68. The molecule has 0 aromatic carbocycles. The summed E-state index contributed by atoms with van der Waals surface area (Å²) in [5.41, 5.74) is 1.49. The van der Waals surface area contributed by atoms with Crippen LogP contribution < -0.4 is 5.32 Å². The van der Waals surface area contributed by atoms with E-state index in [9.17, 15) is 0 Å². The van der Waals surface area contributed by atoms with Crippen molar-refractivity contribution in [2.75, 3.05) is 25.6 Å². The number of halogens is 1. The highest BCUT2D eigenvalue weighted by atomic mass is 35.5. The molecule has 7 heteroatoms. The first-order chi connectivity index (χ1) is 9.76. The lowest BCUT2D eigenvalue weighted by Crippen LogP contribution is -2.09. The molecular formula is C13H20ClN5O. The van der Waals surface area contributed by atoms with Crippen molar-refractivity contribution in [3.8, 4) is 0 Å². The van der Waals surface area contributed by atoms with Gasteiger partial charge in [0, 0.05) is 20.2 Å². The quantitative estimate of drug-likeness (QED) is 0.599. The van der Waals surface area contributed by atoms with Gasteiger partial charge < -0.3 is 14.6 Å². The Morgan fingerprint density at radius 2 is 2.20 bits per heavy atom. The van der Waals surface area contributed by atoms with Gasteiger partial charge >= 0.3 is 0 Å². The van der Waals surface area contributed by atoms with Crippen LogP contribution in [0.5, 0.6) is 0 Å². The fourth-order valence-electron chi connectivity index (χ4n) is 2.02. The fourth-order valence-corrected chi connectivity index (χ4v) is 2.18. The highest BCUT2D eigenvalue weighted by Gasteiger charge is 2.12. The summed E-state index contributed by atoms with van der Waals surface area (Å²) in [6.45, 7) is 4.37. The third-order valence-corrected chi connectivity index (χ3v) is 3.22. The van der Waals surface area contributed by atoms with Gasteiger partial charge in [-0.05, 0) is 18.0 Å². The van der Waals surface area contributed by atoms with Crippen LogP contribution in [-0.4, -0.2) is 39.8 Å². The van der Waals surface area contributed by atoms with Gasteiger partial charge in [0.2, 0.25) is 5.28 Å². The Hall–Kier alpha value is -1.40. The predicted octanol–water partition coefficient (Wildman–Crippen LogP) is 2.73. The number of hydrogen-bond donors (Lipinski definition) is 1.